The molecular weight excluding hydrogens is 584 g/mol. The largest absolute Gasteiger partial charge is 0.481 e. The number of amides is 2. The van der Waals surface area contributed by atoms with Gasteiger partial charge in [0.25, 0.3) is 5.78 Å². The fraction of sp³-hybridized carbons (Fsp3) is 0.708. The number of ether oxygens (including phenoxy) is 4. The van der Waals surface area contributed by atoms with Gasteiger partial charge in [-0.2, -0.15) is 0 Å². The van der Waals surface area contributed by atoms with Crippen LogP contribution in [0.15, 0.2) is 0 Å². The predicted octanol–water partition coefficient (Wildman–Crippen LogP) is -4.06. The summed E-state index contributed by atoms with van der Waals surface area (Å²) in [5.74, 6) is -9.86. The molecule has 0 aromatic carbocycles. The van der Waals surface area contributed by atoms with Crippen LogP contribution in [0.5, 0.6) is 0 Å². The lowest BCUT2D eigenvalue weighted by Crippen LogP contribution is -2.52. The van der Waals surface area contributed by atoms with Crippen LogP contribution < -0.4 is 10.6 Å². The van der Waals surface area contributed by atoms with Crippen LogP contribution >= 0.6 is 0 Å². The Morgan fingerprint density at radius 3 is 1.30 bits per heavy atom. The quantitative estimate of drug-likeness (QED) is 0.0892. The van der Waals surface area contributed by atoms with Gasteiger partial charge in [0.05, 0.1) is 72.4 Å². The first-order chi connectivity index (χ1) is 20.4. The first-order valence-electron chi connectivity index (χ1n) is 13.2. The summed E-state index contributed by atoms with van der Waals surface area (Å²) in [7, 11) is 0. The molecule has 244 valence electrons. The van der Waals surface area contributed by atoms with Crippen molar-refractivity contribution in [3.8, 4) is 0 Å². The zero-order valence-corrected chi connectivity index (χ0v) is 23.4. The molecule has 1 saturated heterocycles. The second-order valence-corrected chi connectivity index (χ2v) is 9.07. The summed E-state index contributed by atoms with van der Waals surface area (Å²) in [6, 6.07) is -3.79. The molecule has 43 heavy (non-hydrogen) atoms. The van der Waals surface area contributed by atoms with Crippen LogP contribution in [0.4, 0.5) is 0 Å². The average molecular weight is 623 g/mol. The lowest BCUT2D eigenvalue weighted by atomic mass is 10.2. The van der Waals surface area contributed by atoms with Crippen LogP contribution in [-0.2, 0) is 52.5 Å². The fourth-order valence-electron chi connectivity index (χ4n) is 3.55. The number of hydrogen-bond acceptors (Lipinski definition) is 13. The number of nitrogens with zero attached hydrogens (tertiary/aromatic N) is 2. The second kappa shape index (κ2) is 21.0. The third kappa shape index (κ3) is 17.1. The molecule has 0 saturated carbocycles. The number of ketones is 1. The van der Waals surface area contributed by atoms with Gasteiger partial charge in [0, 0.05) is 26.2 Å². The monoisotopic (exact) mass is 622 g/mol. The first-order valence-corrected chi connectivity index (χ1v) is 13.2. The Balaban J connectivity index is 2.61. The van der Waals surface area contributed by atoms with Gasteiger partial charge in [-0.3, -0.25) is 29.0 Å². The van der Waals surface area contributed by atoms with Crippen molar-refractivity contribution in [2.45, 2.75) is 18.5 Å². The Hall–Kier alpha value is -3.75. The molecule has 0 aliphatic carbocycles. The standard InChI is InChI=1S/C24H38N4O15/c29-17(25-16(22(34)35)13-19(31)32)14-27-1-5-40-9-11-42-7-3-28(4-8-43-12-10-41-6-2-27)15-18(30)26-20(23(36)37)21(33)24(38)39/h16,20H,1-15H2,(H,25,29)(H,26,30)(H,31,32)(H,34,35)(H,36,37)(H,38,39). The maximum atomic E-state index is 12.3. The topological polar surface area (TPSA) is 268 Å². The van der Waals surface area contributed by atoms with Gasteiger partial charge in [-0.05, 0) is 0 Å². The molecule has 1 fully saturated rings. The summed E-state index contributed by atoms with van der Waals surface area (Å²) in [4.78, 5) is 83.6. The van der Waals surface area contributed by atoms with E-state index in [4.69, 9.17) is 39.4 Å². The van der Waals surface area contributed by atoms with Gasteiger partial charge in [0.2, 0.25) is 11.8 Å². The van der Waals surface area contributed by atoms with Gasteiger partial charge < -0.3 is 50.0 Å². The molecular formula is C24H38N4O15. The van der Waals surface area contributed by atoms with E-state index in [0.29, 0.717) is 0 Å². The van der Waals surface area contributed by atoms with Crippen molar-refractivity contribution >= 4 is 41.5 Å². The molecule has 0 spiro atoms. The summed E-state index contributed by atoms with van der Waals surface area (Å²) in [6.07, 6.45) is -0.767. The lowest BCUT2D eigenvalue weighted by Gasteiger charge is -2.24. The van der Waals surface area contributed by atoms with Crippen LogP contribution in [0.25, 0.3) is 0 Å². The van der Waals surface area contributed by atoms with Crippen molar-refractivity contribution in [2.75, 3.05) is 92.1 Å². The number of carboxylic acid groups (broad SMARTS) is 4. The van der Waals surface area contributed by atoms with Crippen LogP contribution in [0.2, 0.25) is 0 Å². The van der Waals surface area contributed by atoms with Crippen molar-refractivity contribution in [3.63, 3.8) is 0 Å². The Kier molecular flexibility index (Phi) is 18.2. The lowest BCUT2D eigenvalue weighted by molar-refractivity contribution is -0.155. The van der Waals surface area contributed by atoms with E-state index in [9.17, 15) is 33.6 Å². The van der Waals surface area contributed by atoms with Crippen LogP contribution in [0.1, 0.15) is 6.42 Å². The number of carbonyl (C=O) groups excluding carboxylic acids is 3. The molecule has 1 aliphatic heterocycles. The summed E-state index contributed by atoms with van der Waals surface area (Å²) < 4.78 is 22.0. The molecule has 0 aromatic heterocycles. The summed E-state index contributed by atoms with van der Waals surface area (Å²) in [6.45, 7) is 1.74. The number of hydrogen-bond donors (Lipinski definition) is 6. The van der Waals surface area contributed by atoms with Gasteiger partial charge >= 0.3 is 23.9 Å². The molecule has 2 atom stereocenters. The maximum absolute atomic E-state index is 12.3. The normalized spacial score (nSPS) is 18.6. The Bertz CT molecular complexity index is 943. The second-order valence-electron chi connectivity index (χ2n) is 9.07. The van der Waals surface area contributed by atoms with Crippen LogP contribution in [0.3, 0.4) is 0 Å². The number of aliphatic carboxylic acids is 4. The van der Waals surface area contributed by atoms with Crippen molar-refractivity contribution < 1.29 is 72.9 Å². The molecule has 6 N–H and O–H groups in total. The Labute approximate surface area is 246 Å². The van der Waals surface area contributed by atoms with E-state index in [1.807, 2.05) is 5.32 Å². The molecule has 1 rings (SSSR count). The average Bonchev–Trinajstić information content (AvgIpc) is 2.92. The van der Waals surface area contributed by atoms with Crippen molar-refractivity contribution in [3.05, 3.63) is 0 Å². The highest BCUT2D eigenvalue weighted by atomic mass is 16.5. The van der Waals surface area contributed by atoms with E-state index < -0.39 is 60.0 Å². The maximum Gasteiger partial charge on any atom is 0.375 e. The molecule has 19 heteroatoms. The molecule has 1 aliphatic rings. The first kappa shape index (κ1) is 37.3. The summed E-state index contributed by atoms with van der Waals surface area (Å²) >= 11 is 0. The van der Waals surface area contributed by atoms with Crippen molar-refractivity contribution in [1.82, 2.24) is 20.4 Å². The number of nitrogens with one attached hydrogen (secondary N) is 2. The fourth-order valence-corrected chi connectivity index (χ4v) is 3.55. The third-order valence-corrected chi connectivity index (χ3v) is 5.72. The molecule has 1 heterocycles. The van der Waals surface area contributed by atoms with E-state index >= 15 is 0 Å². The minimum Gasteiger partial charge on any atom is -0.481 e. The number of carbonyl (C=O) groups is 7. The SMILES string of the molecule is O=C(O)CC(NC(=O)CN1CCOCCOCCN(CC(=O)NC(C(=O)O)C(=O)C(=O)O)CCOCCOCC1)C(=O)O. The minimum absolute atomic E-state index is 0.142. The summed E-state index contributed by atoms with van der Waals surface area (Å²) in [5.41, 5.74) is 0. The zero-order valence-electron chi connectivity index (χ0n) is 23.4. The van der Waals surface area contributed by atoms with E-state index in [1.165, 1.54) is 0 Å². The molecule has 2 amide bonds. The van der Waals surface area contributed by atoms with E-state index in [1.54, 1.807) is 9.80 Å². The van der Waals surface area contributed by atoms with Gasteiger partial charge in [0.1, 0.15) is 6.04 Å². The smallest absolute Gasteiger partial charge is 0.375 e. The van der Waals surface area contributed by atoms with E-state index in [0.717, 1.165) is 0 Å². The highest BCUT2D eigenvalue weighted by Gasteiger charge is 2.33. The van der Waals surface area contributed by atoms with Gasteiger partial charge in [0.15, 0.2) is 6.04 Å². The molecule has 0 radical (unpaired) electrons. The van der Waals surface area contributed by atoms with Gasteiger partial charge in [-0.1, -0.05) is 0 Å². The zero-order chi connectivity index (χ0) is 32.2. The molecule has 0 bridgehead atoms. The van der Waals surface area contributed by atoms with Crippen LogP contribution in [0, 0.1) is 0 Å². The highest BCUT2D eigenvalue weighted by molar-refractivity contribution is 6.39. The number of carboxylic acids is 4. The van der Waals surface area contributed by atoms with E-state index in [2.05, 4.69) is 5.32 Å². The van der Waals surface area contributed by atoms with E-state index in [-0.39, 0.29) is 92.1 Å². The number of rotatable bonds is 12. The van der Waals surface area contributed by atoms with Crippen molar-refractivity contribution in [1.29, 1.82) is 0 Å². The molecule has 0 aromatic rings. The van der Waals surface area contributed by atoms with Gasteiger partial charge in [-0.15, -0.1) is 0 Å². The Morgan fingerprint density at radius 1 is 0.581 bits per heavy atom. The van der Waals surface area contributed by atoms with Crippen LogP contribution in [-0.4, -0.2) is 176 Å². The number of Topliss-reactive ketones (excluding diaryl/α,β-unsaturated/α-hetero) is 1. The highest BCUT2D eigenvalue weighted by Crippen LogP contribution is 1.98. The predicted molar refractivity (Wildman–Crippen MR) is 140 cm³/mol. The summed E-state index contributed by atoms with van der Waals surface area (Å²) in [5, 5.41) is 39.9. The Morgan fingerprint density at radius 2 is 0.977 bits per heavy atom. The third-order valence-electron chi connectivity index (χ3n) is 5.72. The molecule has 19 nitrogen and oxygen atoms in total. The minimum atomic E-state index is -2.23. The van der Waals surface area contributed by atoms with Gasteiger partial charge in [-0.25, -0.2) is 14.4 Å². The van der Waals surface area contributed by atoms with Crippen molar-refractivity contribution in [2.24, 2.45) is 0 Å². The molecule has 2 unspecified atom stereocenters.